The van der Waals surface area contributed by atoms with Gasteiger partial charge in [0.05, 0.1) is 15.1 Å². The van der Waals surface area contributed by atoms with Crippen LogP contribution in [0.5, 0.6) is 5.75 Å². The second-order valence-electron chi connectivity index (χ2n) is 6.09. The maximum atomic E-state index is 12.2. The number of sulfonamides is 1. The molecule has 0 unspecified atom stereocenters. The van der Waals surface area contributed by atoms with Crippen LogP contribution in [-0.4, -0.2) is 44.3 Å². The van der Waals surface area contributed by atoms with Crippen molar-refractivity contribution in [1.82, 2.24) is 9.29 Å². The van der Waals surface area contributed by atoms with Crippen LogP contribution >= 0.6 is 11.3 Å². The Bertz CT molecular complexity index is 1070. The summed E-state index contributed by atoms with van der Waals surface area (Å²) in [5.41, 5.74) is 1.73. The fourth-order valence-electron chi connectivity index (χ4n) is 2.27. The van der Waals surface area contributed by atoms with Crippen LogP contribution in [0.4, 0.5) is 5.13 Å². The number of nitrogens with one attached hydrogen (secondary N) is 1. The van der Waals surface area contributed by atoms with Crippen molar-refractivity contribution < 1.29 is 17.9 Å². The normalized spacial score (nSPS) is 11.7. The smallest absolute Gasteiger partial charge is 0.264 e. The van der Waals surface area contributed by atoms with Crippen LogP contribution in [0, 0.1) is 6.92 Å². The Morgan fingerprint density at radius 2 is 1.89 bits per heavy atom. The molecule has 2 aromatic carbocycles. The standard InChI is InChI=1S/C18H19N3O4S2/c1-12-4-6-13(7-5-12)25-11-17(22)20-18-19-15-9-8-14(10-16(15)26-18)27(23,24)21(2)3/h4-10H,11H2,1-3H3,(H,19,20,22). The molecule has 7 nitrogen and oxygen atoms in total. The van der Waals surface area contributed by atoms with Crippen molar-refractivity contribution in [3.05, 3.63) is 48.0 Å². The van der Waals surface area contributed by atoms with Crippen LogP contribution in [0.25, 0.3) is 10.2 Å². The molecule has 3 aromatic rings. The van der Waals surface area contributed by atoms with Crippen LogP contribution < -0.4 is 10.1 Å². The zero-order valence-electron chi connectivity index (χ0n) is 15.1. The lowest BCUT2D eigenvalue weighted by Crippen LogP contribution is -2.22. The Morgan fingerprint density at radius 1 is 1.19 bits per heavy atom. The SMILES string of the molecule is Cc1ccc(OCC(=O)Nc2nc3ccc(S(=O)(=O)N(C)C)cc3s2)cc1. The first-order chi connectivity index (χ1) is 12.8. The minimum Gasteiger partial charge on any atom is -0.484 e. The van der Waals surface area contributed by atoms with Gasteiger partial charge in [-0.2, -0.15) is 0 Å². The molecule has 142 valence electrons. The third-order valence-corrected chi connectivity index (χ3v) is 6.52. The number of nitrogens with zero attached hydrogens (tertiary/aromatic N) is 2. The molecule has 1 aromatic heterocycles. The summed E-state index contributed by atoms with van der Waals surface area (Å²) in [7, 11) is -0.563. The summed E-state index contributed by atoms with van der Waals surface area (Å²) >= 11 is 1.21. The Balaban J connectivity index is 1.70. The number of anilines is 1. The van der Waals surface area contributed by atoms with Gasteiger partial charge in [0.1, 0.15) is 5.75 Å². The number of ether oxygens (including phenoxy) is 1. The molecule has 3 rings (SSSR count). The average Bonchev–Trinajstić information content (AvgIpc) is 3.02. The van der Waals surface area contributed by atoms with Crippen molar-refractivity contribution in [3.63, 3.8) is 0 Å². The predicted octanol–water partition coefficient (Wildman–Crippen LogP) is 2.87. The van der Waals surface area contributed by atoms with E-state index in [1.807, 2.05) is 19.1 Å². The molecule has 27 heavy (non-hydrogen) atoms. The van der Waals surface area contributed by atoms with Crippen molar-refractivity contribution in [2.75, 3.05) is 26.0 Å². The third-order valence-electron chi connectivity index (χ3n) is 3.78. The van der Waals surface area contributed by atoms with Gasteiger partial charge in [0.25, 0.3) is 5.91 Å². The number of carbonyl (C=O) groups is 1. The molecule has 1 heterocycles. The van der Waals surface area contributed by atoms with Crippen LogP contribution in [0.2, 0.25) is 0 Å². The number of thiazole rings is 1. The maximum absolute atomic E-state index is 12.2. The van der Waals surface area contributed by atoms with E-state index in [1.54, 1.807) is 24.3 Å². The molecule has 0 bridgehead atoms. The highest BCUT2D eigenvalue weighted by atomic mass is 32.2. The molecule has 0 fully saturated rings. The van der Waals surface area contributed by atoms with Gasteiger partial charge in [-0.05, 0) is 37.3 Å². The number of aryl methyl sites for hydroxylation is 1. The quantitative estimate of drug-likeness (QED) is 0.681. The molecule has 0 saturated heterocycles. The molecule has 0 saturated carbocycles. The number of amides is 1. The first kappa shape index (κ1) is 19.3. The third kappa shape index (κ3) is 4.44. The molecule has 0 spiro atoms. The summed E-state index contributed by atoms with van der Waals surface area (Å²) in [5.74, 6) is 0.273. The Labute approximate surface area is 161 Å². The van der Waals surface area contributed by atoms with Gasteiger partial charge in [0.2, 0.25) is 10.0 Å². The first-order valence-corrected chi connectivity index (χ1v) is 10.3. The largest absolute Gasteiger partial charge is 0.484 e. The van der Waals surface area contributed by atoms with E-state index in [9.17, 15) is 13.2 Å². The number of hydrogen-bond donors (Lipinski definition) is 1. The summed E-state index contributed by atoms with van der Waals surface area (Å²) in [5, 5.41) is 3.07. The Morgan fingerprint density at radius 3 is 2.56 bits per heavy atom. The van der Waals surface area contributed by atoms with Crippen molar-refractivity contribution in [1.29, 1.82) is 0 Å². The zero-order valence-corrected chi connectivity index (χ0v) is 16.7. The molecule has 0 aliphatic rings. The summed E-state index contributed by atoms with van der Waals surface area (Å²) in [6.07, 6.45) is 0. The van der Waals surface area contributed by atoms with Gasteiger partial charge in [-0.15, -0.1) is 0 Å². The van der Waals surface area contributed by atoms with Gasteiger partial charge in [-0.3, -0.25) is 10.1 Å². The van der Waals surface area contributed by atoms with E-state index in [0.29, 0.717) is 21.1 Å². The van der Waals surface area contributed by atoms with Crippen molar-refractivity contribution in [2.45, 2.75) is 11.8 Å². The van der Waals surface area contributed by atoms with Crippen LogP contribution in [0.3, 0.4) is 0 Å². The lowest BCUT2D eigenvalue weighted by atomic mass is 10.2. The molecule has 0 atom stereocenters. The van der Waals surface area contributed by atoms with E-state index in [1.165, 1.54) is 31.5 Å². The highest BCUT2D eigenvalue weighted by Crippen LogP contribution is 2.28. The molecular weight excluding hydrogens is 386 g/mol. The van der Waals surface area contributed by atoms with Gasteiger partial charge in [-0.25, -0.2) is 17.7 Å². The van der Waals surface area contributed by atoms with E-state index in [4.69, 9.17) is 4.74 Å². The minimum absolute atomic E-state index is 0.140. The van der Waals surface area contributed by atoms with E-state index < -0.39 is 10.0 Å². The van der Waals surface area contributed by atoms with E-state index in [2.05, 4.69) is 10.3 Å². The Kier molecular flexibility index (Phi) is 5.45. The van der Waals surface area contributed by atoms with Gasteiger partial charge in [0.15, 0.2) is 11.7 Å². The topological polar surface area (TPSA) is 88.6 Å². The van der Waals surface area contributed by atoms with Crippen molar-refractivity contribution >= 4 is 42.6 Å². The number of aromatic nitrogens is 1. The highest BCUT2D eigenvalue weighted by molar-refractivity contribution is 7.89. The second kappa shape index (κ2) is 7.63. The molecule has 0 aliphatic carbocycles. The van der Waals surface area contributed by atoms with E-state index >= 15 is 0 Å². The fourth-order valence-corrected chi connectivity index (χ4v) is 4.19. The number of rotatable bonds is 6. The number of fused-ring (bicyclic) bond motifs is 1. The molecule has 1 amide bonds. The summed E-state index contributed by atoms with van der Waals surface area (Å²) in [6.45, 7) is 1.83. The molecule has 9 heteroatoms. The van der Waals surface area contributed by atoms with Gasteiger partial charge in [0, 0.05) is 14.1 Å². The van der Waals surface area contributed by atoms with Gasteiger partial charge in [-0.1, -0.05) is 29.0 Å². The molecule has 1 N–H and O–H groups in total. The van der Waals surface area contributed by atoms with Crippen molar-refractivity contribution in [3.8, 4) is 5.75 Å². The summed E-state index contributed by atoms with van der Waals surface area (Å²) in [6, 6.07) is 12.1. The number of benzene rings is 2. The zero-order chi connectivity index (χ0) is 19.6. The van der Waals surface area contributed by atoms with Crippen LogP contribution in [0.1, 0.15) is 5.56 Å². The number of hydrogen-bond acceptors (Lipinski definition) is 6. The molecular formula is C18H19N3O4S2. The summed E-state index contributed by atoms with van der Waals surface area (Å²) in [4.78, 5) is 16.6. The van der Waals surface area contributed by atoms with Gasteiger partial charge >= 0.3 is 0 Å². The Hall–Kier alpha value is -2.49. The molecule has 0 aliphatic heterocycles. The minimum atomic E-state index is -3.52. The van der Waals surface area contributed by atoms with E-state index in [0.717, 1.165) is 9.87 Å². The maximum Gasteiger partial charge on any atom is 0.264 e. The lowest BCUT2D eigenvalue weighted by molar-refractivity contribution is -0.118. The average molecular weight is 406 g/mol. The lowest BCUT2D eigenvalue weighted by Gasteiger charge is -2.10. The second-order valence-corrected chi connectivity index (χ2v) is 9.27. The number of carbonyl (C=O) groups excluding carboxylic acids is 1. The fraction of sp³-hybridized carbons (Fsp3) is 0.222. The van der Waals surface area contributed by atoms with E-state index in [-0.39, 0.29) is 17.4 Å². The van der Waals surface area contributed by atoms with Gasteiger partial charge < -0.3 is 4.74 Å². The van der Waals surface area contributed by atoms with Crippen LogP contribution in [-0.2, 0) is 14.8 Å². The predicted molar refractivity (Wildman–Crippen MR) is 106 cm³/mol. The molecule has 0 radical (unpaired) electrons. The van der Waals surface area contributed by atoms with Crippen molar-refractivity contribution in [2.24, 2.45) is 0 Å². The van der Waals surface area contributed by atoms with Crippen LogP contribution in [0.15, 0.2) is 47.4 Å². The highest BCUT2D eigenvalue weighted by Gasteiger charge is 2.18. The summed E-state index contributed by atoms with van der Waals surface area (Å²) < 4.78 is 31.7. The first-order valence-electron chi connectivity index (χ1n) is 8.08. The monoisotopic (exact) mass is 405 g/mol.